The van der Waals surface area contributed by atoms with Gasteiger partial charge < -0.3 is 5.73 Å². The Morgan fingerprint density at radius 2 is 2.00 bits per heavy atom. The minimum atomic E-state index is -0.470. The van der Waals surface area contributed by atoms with Gasteiger partial charge in [0.15, 0.2) is 0 Å². The molecule has 0 saturated carbocycles. The van der Waals surface area contributed by atoms with E-state index < -0.39 is 4.92 Å². The fraction of sp³-hybridized carbons (Fsp3) is 0.400. The molecule has 0 aromatic heterocycles. The number of halogens is 1. The maximum atomic E-state index is 10.6. The van der Waals surface area contributed by atoms with Crippen LogP contribution in [0.25, 0.3) is 0 Å². The van der Waals surface area contributed by atoms with E-state index in [0.717, 1.165) is 0 Å². The first-order valence-electron chi connectivity index (χ1n) is 4.62. The van der Waals surface area contributed by atoms with Crippen LogP contribution in [0.15, 0.2) is 18.2 Å². The van der Waals surface area contributed by atoms with E-state index in [2.05, 4.69) is 0 Å². The van der Waals surface area contributed by atoms with Crippen LogP contribution in [0.3, 0.4) is 0 Å². The first-order valence-corrected chi connectivity index (χ1v) is 5.00. The van der Waals surface area contributed by atoms with Gasteiger partial charge in [-0.15, -0.1) is 0 Å². The molecule has 82 valence electrons. The maximum Gasteiger partial charge on any atom is 0.271 e. The van der Waals surface area contributed by atoms with Gasteiger partial charge in [-0.2, -0.15) is 0 Å². The molecule has 2 N–H and O–H groups in total. The van der Waals surface area contributed by atoms with Gasteiger partial charge in [0, 0.05) is 23.2 Å². The van der Waals surface area contributed by atoms with E-state index in [-0.39, 0.29) is 17.6 Å². The number of nitro benzene ring substituents is 1. The standard InChI is InChI=1S/C10H13ClN2O2/c1-6(2)10(12)7-3-8(11)5-9(4-7)13(14)15/h3-6,10H,12H2,1-2H3. The SMILES string of the molecule is CC(C)C(N)c1cc(Cl)cc([N+](=O)[O-])c1. The molecule has 1 aromatic carbocycles. The van der Waals surface area contributed by atoms with Gasteiger partial charge in [-0.05, 0) is 17.5 Å². The highest BCUT2D eigenvalue weighted by Crippen LogP contribution is 2.27. The maximum absolute atomic E-state index is 10.6. The van der Waals surface area contributed by atoms with Gasteiger partial charge in [-0.3, -0.25) is 10.1 Å². The minimum Gasteiger partial charge on any atom is -0.324 e. The van der Waals surface area contributed by atoms with Gasteiger partial charge in [-0.1, -0.05) is 25.4 Å². The summed E-state index contributed by atoms with van der Waals surface area (Å²) in [6.45, 7) is 3.91. The van der Waals surface area contributed by atoms with E-state index in [1.165, 1.54) is 12.1 Å². The van der Waals surface area contributed by atoms with Crippen molar-refractivity contribution in [1.82, 2.24) is 0 Å². The Morgan fingerprint density at radius 1 is 1.40 bits per heavy atom. The van der Waals surface area contributed by atoms with Crippen LogP contribution in [0.4, 0.5) is 5.69 Å². The van der Waals surface area contributed by atoms with Crippen molar-refractivity contribution in [2.75, 3.05) is 0 Å². The van der Waals surface area contributed by atoms with Crippen molar-refractivity contribution in [3.63, 3.8) is 0 Å². The summed E-state index contributed by atoms with van der Waals surface area (Å²) in [5, 5.41) is 10.9. The zero-order chi connectivity index (χ0) is 11.6. The number of rotatable bonds is 3. The Morgan fingerprint density at radius 3 is 2.47 bits per heavy atom. The van der Waals surface area contributed by atoms with Gasteiger partial charge in [0.2, 0.25) is 0 Å². The molecule has 1 rings (SSSR count). The average Bonchev–Trinajstić information content (AvgIpc) is 2.15. The number of benzene rings is 1. The Kier molecular flexibility index (Phi) is 3.66. The van der Waals surface area contributed by atoms with Crippen molar-refractivity contribution < 1.29 is 4.92 Å². The summed E-state index contributed by atoms with van der Waals surface area (Å²) in [5.74, 6) is 0.211. The molecule has 1 atom stereocenters. The lowest BCUT2D eigenvalue weighted by Gasteiger charge is -2.15. The summed E-state index contributed by atoms with van der Waals surface area (Å²) in [4.78, 5) is 10.1. The largest absolute Gasteiger partial charge is 0.324 e. The highest BCUT2D eigenvalue weighted by atomic mass is 35.5. The summed E-state index contributed by atoms with van der Waals surface area (Å²) in [6.07, 6.45) is 0. The highest BCUT2D eigenvalue weighted by molar-refractivity contribution is 6.30. The molecule has 1 aromatic rings. The van der Waals surface area contributed by atoms with Crippen molar-refractivity contribution in [3.05, 3.63) is 38.9 Å². The second-order valence-corrected chi connectivity index (χ2v) is 4.21. The third-order valence-corrected chi connectivity index (χ3v) is 2.44. The van der Waals surface area contributed by atoms with E-state index in [4.69, 9.17) is 17.3 Å². The van der Waals surface area contributed by atoms with Crippen LogP contribution in [0.1, 0.15) is 25.5 Å². The van der Waals surface area contributed by atoms with Crippen LogP contribution in [0, 0.1) is 16.0 Å². The van der Waals surface area contributed by atoms with E-state index in [1.807, 2.05) is 13.8 Å². The lowest BCUT2D eigenvalue weighted by atomic mass is 9.97. The zero-order valence-corrected chi connectivity index (χ0v) is 9.36. The fourth-order valence-corrected chi connectivity index (χ4v) is 1.52. The molecule has 0 saturated heterocycles. The lowest BCUT2D eigenvalue weighted by molar-refractivity contribution is -0.384. The van der Waals surface area contributed by atoms with Crippen LogP contribution >= 0.6 is 11.6 Å². The summed E-state index contributed by atoms with van der Waals surface area (Å²) in [7, 11) is 0. The number of non-ortho nitro benzene ring substituents is 1. The summed E-state index contributed by atoms with van der Waals surface area (Å²) in [6, 6.07) is 4.22. The molecule has 0 aliphatic rings. The van der Waals surface area contributed by atoms with E-state index >= 15 is 0 Å². The molecule has 1 unspecified atom stereocenters. The number of hydrogen-bond acceptors (Lipinski definition) is 3. The third kappa shape index (κ3) is 2.91. The molecule has 0 aliphatic carbocycles. The van der Waals surface area contributed by atoms with Crippen LogP contribution in [-0.2, 0) is 0 Å². The predicted octanol–water partition coefficient (Wildman–Crippen LogP) is 2.90. The second-order valence-electron chi connectivity index (χ2n) is 3.77. The molecule has 5 heteroatoms. The molecule has 0 radical (unpaired) electrons. The van der Waals surface area contributed by atoms with Crippen LogP contribution in [-0.4, -0.2) is 4.92 Å². The minimum absolute atomic E-state index is 0.0198. The quantitative estimate of drug-likeness (QED) is 0.639. The molecule has 0 fully saturated rings. The van der Waals surface area contributed by atoms with Crippen molar-refractivity contribution in [2.24, 2.45) is 11.7 Å². The topological polar surface area (TPSA) is 69.2 Å². The van der Waals surface area contributed by atoms with Gasteiger partial charge >= 0.3 is 0 Å². The van der Waals surface area contributed by atoms with Crippen molar-refractivity contribution in [2.45, 2.75) is 19.9 Å². The molecule has 0 spiro atoms. The lowest BCUT2D eigenvalue weighted by Crippen LogP contribution is -2.16. The van der Waals surface area contributed by atoms with Crippen LogP contribution < -0.4 is 5.73 Å². The first-order chi connectivity index (χ1) is 6.91. The Labute approximate surface area is 93.2 Å². The first kappa shape index (κ1) is 11.9. The zero-order valence-electron chi connectivity index (χ0n) is 8.61. The Bertz CT molecular complexity index is 380. The van der Waals surface area contributed by atoms with Gasteiger partial charge in [0.25, 0.3) is 5.69 Å². The fourth-order valence-electron chi connectivity index (χ4n) is 1.28. The Balaban J connectivity index is 3.14. The molecule has 15 heavy (non-hydrogen) atoms. The second kappa shape index (κ2) is 4.59. The van der Waals surface area contributed by atoms with Crippen molar-refractivity contribution >= 4 is 17.3 Å². The van der Waals surface area contributed by atoms with Crippen LogP contribution in [0.2, 0.25) is 5.02 Å². The number of nitrogens with zero attached hydrogens (tertiary/aromatic N) is 1. The smallest absolute Gasteiger partial charge is 0.271 e. The molecule has 0 amide bonds. The number of nitro groups is 1. The number of nitrogens with two attached hydrogens (primary N) is 1. The molecule has 4 nitrogen and oxygen atoms in total. The molecule has 0 aliphatic heterocycles. The van der Waals surface area contributed by atoms with Crippen molar-refractivity contribution in [1.29, 1.82) is 0 Å². The van der Waals surface area contributed by atoms with E-state index in [1.54, 1.807) is 6.07 Å². The molecular formula is C10H13ClN2O2. The summed E-state index contributed by atoms with van der Waals surface area (Å²) >= 11 is 5.78. The predicted molar refractivity (Wildman–Crippen MR) is 59.9 cm³/mol. The van der Waals surface area contributed by atoms with Gasteiger partial charge in [-0.25, -0.2) is 0 Å². The molecular weight excluding hydrogens is 216 g/mol. The third-order valence-electron chi connectivity index (χ3n) is 2.22. The number of hydrogen-bond donors (Lipinski definition) is 1. The van der Waals surface area contributed by atoms with E-state index in [9.17, 15) is 10.1 Å². The van der Waals surface area contributed by atoms with Gasteiger partial charge in [0.05, 0.1) is 4.92 Å². The van der Waals surface area contributed by atoms with Crippen molar-refractivity contribution in [3.8, 4) is 0 Å². The summed E-state index contributed by atoms with van der Waals surface area (Å²) < 4.78 is 0. The normalized spacial score (nSPS) is 12.9. The molecule has 0 heterocycles. The van der Waals surface area contributed by atoms with Gasteiger partial charge in [0.1, 0.15) is 0 Å². The summed E-state index contributed by atoms with van der Waals surface area (Å²) in [5.41, 5.74) is 6.57. The molecule has 0 bridgehead atoms. The van der Waals surface area contributed by atoms with E-state index in [0.29, 0.717) is 10.6 Å². The monoisotopic (exact) mass is 228 g/mol. The van der Waals surface area contributed by atoms with Crippen LogP contribution in [0.5, 0.6) is 0 Å². The average molecular weight is 229 g/mol. The highest BCUT2D eigenvalue weighted by Gasteiger charge is 2.15. The Hall–Kier alpha value is -1.13.